The fraction of sp³-hybridized carbons (Fsp3) is 0.0556. The van der Waals surface area contributed by atoms with Crippen molar-refractivity contribution in [2.75, 3.05) is 7.11 Å². The Labute approximate surface area is 136 Å². The van der Waals surface area contributed by atoms with Crippen LogP contribution >= 0.6 is 11.3 Å². The van der Waals surface area contributed by atoms with Gasteiger partial charge in [0.25, 0.3) is 0 Å². The number of para-hydroxylation sites is 1. The molecule has 3 aromatic rings. The van der Waals surface area contributed by atoms with E-state index in [4.69, 9.17) is 9.47 Å². The predicted octanol–water partition coefficient (Wildman–Crippen LogP) is 4.89. The Morgan fingerprint density at radius 3 is 2.61 bits per heavy atom. The molecule has 0 spiro atoms. The van der Waals surface area contributed by atoms with E-state index in [2.05, 4.69) is 0 Å². The molecule has 2 aromatic carbocycles. The maximum absolute atomic E-state index is 11.4. The SMILES string of the molecule is COc1ccc2c(c1)-c1sc(C(=O)O)cc1-c1ccccc1O2. The Hall–Kier alpha value is -2.79. The number of carboxylic acid groups (broad SMARTS) is 1. The summed E-state index contributed by atoms with van der Waals surface area (Å²) in [7, 11) is 1.60. The average molecular weight is 324 g/mol. The van der Waals surface area contributed by atoms with Crippen LogP contribution in [0.5, 0.6) is 17.2 Å². The lowest BCUT2D eigenvalue weighted by molar-refractivity contribution is 0.0702. The van der Waals surface area contributed by atoms with Gasteiger partial charge in [-0.25, -0.2) is 4.79 Å². The monoisotopic (exact) mass is 324 g/mol. The fourth-order valence-corrected chi connectivity index (χ4v) is 3.73. The number of benzene rings is 2. The number of ether oxygens (including phenoxy) is 2. The highest BCUT2D eigenvalue weighted by molar-refractivity contribution is 7.18. The molecule has 114 valence electrons. The van der Waals surface area contributed by atoms with Crippen molar-refractivity contribution in [3.05, 3.63) is 53.4 Å². The molecule has 0 atom stereocenters. The summed E-state index contributed by atoms with van der Waals surface area (Å²) in [6, 6.07) is 14.9. The Morgan fingerprint density at radius 2 is 1.83 bits per heavy atom. The molecule has 0 bridgehead atoms. The zero-order valence-corrected chi connectivity index (χ0v) is 13.0. The van der Waals surface area contributed by atoms with E-state index in [0.717, 1.165) is 21.6 Å². The van der Waals surface area contributed by atoms with E-state index in [1.54, 1.807) is 13.2 Å². The first-order chi connectivity index (χ1) is 11.2. The van der Waals surface area contributed by atoms with Gasteiger partial charge in [0.05, 0.1) is 7.11 Å². The minimum absolute atomic E-state index is 0.306. The second-order valence-corrected chi connectivity index (χ2v) is 6.17. The number of hydrogen-bond donors (Lipinski definition) is 1. The van der Waals surface area contributed by atoms with Crippen LogP contribution < -0.4 is 9.47 Å². The number of fused-ring (bicyclic) bond motifs is 5. The summed E-state index contributed by atoms with van der Waals surface area (Å²) in [6.07, 6.45) is 0. The maximum Gasteiger partial charge on any atom is 0.345 e. The average Bonchev–Trinajstić information content (AvgIpc) is 2.96. The van der Waals surface area contributed by atoms with Crippen LogP contribution in [0.15, 0.2) is 48.5 Å². The number of methoxy groups -OCH3 is 1. The molecule has 1 aliphatic rings. The van der Waals surface area contributed by atoms with E-state index >= 15 is 0 Å². The third-order valence-corrected chi connectivity index (χ3v) is 4.93. The van der Waals surface area contributed by atoms with E-state index in [-0.39, 0.29) is 0 Å². The molecule has 2 heterocycles. The Balaban J connectivity index is 2.06. The number of aromatic carboxylic acids is 1. The van der Waals surface area contributed by atoms with E-state index in [0.29, 0.717) is 22.1 Å². The fourth-order valence-electron chi connectivity index (χ4n) is 2.70. The van der Waals surface area contributed by atoms with Crippen molar-refractivity contribution in [1.29, 1.82) is 0 Å². The quantitative estimate of drug-likeness (QED) is 0.570. The Bertz CT molecular complexity index is 927. The minimum atomic E-state index is -0.925. The first-order valence-electron chi connectivity index (χ1n) is 7.00. The van der Waals surface area contributed by atoms with E-state index in [1.165, 1.54) is 11.3 Å². The lowest BCUT2D eigenvalue weighted by Crippen LogP contribution is -1.91. The van der Waals surface area contributed by atoms with Crippen LogP contribution in [0, 0.1) is 0 Å². The highest BCUT2D eigenvalue weighted by atomic mass is 32.1. The van der Waals surface area contributed by atoms with Crippen LogP contribution in [0.4, 0.5) is 0 Å². The summed E-state index contributed by atoms with van der Waals surface area (Å²) in [4.78, 5) is 12.6. The molecule has 23 heavy (non-hydrogen) atoms. The van der Waals surface area contributed by atoms with Crippen LogP contribution in [-0.2, 0) is 0 Å². The van der Waals surface area contributed by atoms with E-state index in [1.807, 2.05) is 42.5 Å². The van der Waals surface area contributed by atoms with Crippen molar-refractivity contribution in [3.63, 3.8) is 0 Å². The number of carboxylic acids is 1. The molecule has 1 aliphatic heterocycles. The van der Waals surface area contributed by atoms with Gasteiger partial charge < -0.3 is 14.6 Å². The molecule has 1 N–H and O–H groups in total. The standard InChI is InChI=1S/C18H12O4S/c1-21-10-6-7-15-13(8-10)17-12(9-16(23-17)18(19)20)11-4-2-3-5-14(11)22-15/h2-9H,1H3,(H,19,20). The first kappa shape index (κ1) is 13.8. The second kappa shape index (κ2) is 5.14. The van der Waals surface area contributed by atoms with Gasteiger partial charge in [-0.3, -0.25) is 0 Å². The summed E-state index contributed by atoms with van der Waals surface area (Å²) in [5.74, 6) is 1.18. The lowest BCUT2D eigenvalue weighted by atomic mass is 10.0. The van der Waals surface area contributed by atoms with Crippen LogP contribution in [-0.4, -0.2) is 18.2 Å². The van der Waals surface area contributed by atoms with Gasteiger partial charge in [-0.1, -0.05) is 18.2 Å². The molecule has 4 rings (SSSR count). The summed E-state index contributed by atoms with van der Waals surface area (Å²) < 4.78 is 11.3. The van der Waals surface area contributed by atoms with Crippen LogP contribution in [0.1, 0.15) is 9.67 Å². The molecule has 0 fully saturated rings. The molecule has 0 unspecified atom stereocenters. The number of hydrogen-bond acceptors (Lipinski definition) is 4. The highest BCUT2D eigenvalue weighted by Crippen LogP contribution is 2.50. The summed E-state index contributed by atoms with van der Waals surface area (Å²) in [5, 5.41) is 9.36. The van der Waals surface area contributed by atoms with Gasteiger partial charge in [0.2, 0.25) is 0 Å². The molecule has 0 amide bonds. The number of carbonyl (C=O) groups is 1. The molecule has 1 aromatic heterocycles. The molecule has 0 radical (unpaired) electrons. The first-order valence-corrected chi connectivity index (χ1v) is 7.82. The molecular formula is C18H12O4S. The molecule has 0 saturated heterocycles. The normalized spacial score (nSPS) is 11.5. The Kier molecular flexibility index (Phi) is 3.09. The number of thiophene rings is 1. The van der Waals surface area contributed by atoms with Crippen molar-refractivity contribution < 1.29 is 19.4 Å². The van der Waals surface area contributed by atoms with Crippen LogP contribution in [0.3, 0.4) is 0 Å². The third-order valence-electron chi connectivity index (χ3n) is 3.77. The van der Waals surface area contributed by atoms with Gasteiger partial charge in [-0.05, 0) is 30.3 Å². The van der Waals surface area contributed by atoms with E-state index < -0.39 is 5.97 Å². The summed E-state index contributed by atoms with van der Waals surface area (Å²) in [5.41, 5.74) is 2.60. The highest BCUT2D eigenvalue weighted by Gasteiger charge is 2.25. The molecule has 4 nitrogen and oxygen atoms in total. The molecule has 0 aliphatic carbocycles. The third kappa shape index (κ3) is 2.17. The minimum Gasteiger partial charge on any atom is -0.497 e. The van der Waals surface area contributed by atoms with Gasteiger partial charge >= 0.3 is 5.97 Å². The summed E-state index contributed by atoms with van der Waals surface area (Å²) >= 11 is 1.25. The van der Waals surface area contributed by atoms with Crippen LogP contribution in [0.2, 0.25) is 0 Å². The smallest absolute Gasteiger partial charge is 0.345 e. The molecule has 0 saturated carbocycles. The van der Waals surface area contributed by atoms with Gasteiger partial charge in [0, 0.05) is 21.6 Å². The molecular weight excluding hydrogens is 312 g/mol. The van der Waals surface area contributed by atoms with Crippen LogP contribution in [0.25, 0.3) is 21.6 Å². The van der Waals surface area contributed by atoms with Crippen molar-refractivity contribution in [3.8, 4) is 38.8 Å². The lowest BCUT2D eigenvalue weighted by Gasteiger charge is -2.10. The zero-order chi connectivity index (χ0) is 16.0. The number of rotatable bonds is 2. The van der Waals surface area contributed by atoms with Gasteiger partial charge in [0.1, 0.15) is 22.1 Å². The largest absolute Gasteiger partial charge is 0.497 e. The van der Waals surface area contributed by atoms with Crippen molar-refractivity contribution in [1.82, 2.24) is 0 Å². The maximum atomic E-state index is 11.4. The van der Waals surface area contributed by atoms with E-state index in [9.17, 15) is 9.90 Å². The van der Waals surface area contributed by atoms with Gasteiger partial charge in [-0.15, -0.1) is 11.3 Å². The zero-order valence-electron chi connectivity index (χ0n) is 12.2. The van der Waals surface area contributed by atoms with Crippen molar-refractivity contribution in [2.45, 2.75) is 0 Å². The summed E-state index contributed by atoms with van der Waals surface area (Å²) in [6.45, 7) is 0. The van der Waals surface area contributed by atoms with Gasteiger partial charge in [0.15, 0.2) is 0 Å². The Morgan fingerprint density at radius 1 is 1.04 bits per heavy atom. The molecule has 5 heteroatoms. The van der Waals surface area contributed by atoms with Gasteiger partial charge in [-0.2, -0.15) is 0 Å². The van der Waals surface area contributed by atoms with Crippen molar-refractivity contribution in [2.24, 2.45) is 0 Å². The second-order valence-electron chi connectivity index (χ2n) is 5.12. The van der Waals surface area contributed by atoms with Crippen molar-refractivity contribution >= 4 is 17.3 Å². The topological polar surface area (TPSA) is 55.8 Å². The predicted molar refractivity (Wildman–Crippen MR) is 88.8 cm³/mol.